The van der Waals surface area contributed by atoms with E-state index >= 15 is 0 Å². The third-order valence-electron chi connectivity index (χ3n) is 3.43. The quantitative estimate of drug-likeness (QED) is 0.741. The Balaban J connectivity index is 3.18. The Labute approximate surface area is 128 Å². The Bertz CT molecular complexity index is 449. The van der Waals surface area contributed by atoms with Gasteiger partial charge in [-0.1, -0.05) is 38.9 Å². The Morgan fingerprint density at radius 2 is 1.75 bits per heavy atom. The van der Waals surface area contributed by atoms with Crippen LogP contribution in [0.2, 0.25) is 0 Å². The van der Waals surface area contributed by atoms with E-state index in [-0.39, 0.29) is 0 Å². The SMILES string of the molecule is CCCCN(CCCC)c1nc(C)cc(C)c1C(N)=S. The molecule has 0 aliphatic carbocycles. The average molecular weight is 293 g/mol. The molecule has 0 amide bonds. The number of aryl methyl sites for hydroxylation is 2. The number of aromatic nitrogens is 1. The van der Waals surface area contributed by atoms with Crippen molar-refractivity contribution in [2.75, 3.05) is 18.0 Å². The summed E-state index contributed by atoms with van der Waals surface area (Å²) in [6, 6.07) is 2.05. The highest BCUT2D eigenvalue weighted by atomic mass is 32.1. The molecular weight excluding hydrogens is 266 g/mol. The smallest absolute Gasteiger partial charge is 0.139 e. The summed E-state index contributed by atoms with van der Waals surface area (Å²) in [6.07, 6.45) is 4.68. The van der Waals surface area contributed by atoms with Crippen LogP contribution in [-0.2, 0) is 0 Å². The van der Waals surface area contributed by atoms with Crippen LogP contribution in [0.25, 0.3) is 0 Å². The van der Waals surface area contributed by atoms with Crippen molar-refractivity contribution in [3.63, 3.8) is 0 Å². The zero-order valence-corrected chi connectivity index (χ0v) is 14.0. The van der Waals surface area contributed by atoms with Crippen molar-refractivity contribution >= 4 is 23.0 Å². The predicted molar refractivity (Wildman–Crippen MR) is 91.6 cm³/mol. The van der Waals surface area contributed by atoms with Crippen molar-refractivity contribution in [1.82, 2.24) is 4.98 Å². The molecule has 0 saturated carbocycles. The van der Waals surface area contributed by atoms with Crippen LogP contribution in [0.3, 0.4) is 0 Å². The molecule has 1 aromatic rings. The molecule has 0 aliphatic rings. The summed E-state index contributed by atoms with van der Waals surface area (Å²) < 4.78 is 0. The zero-order chi connectivity index (χ0) is 15.1. The fourth-order valence-electron chi connectivity index (χ4n) is 2.37. The lowest BCUT2D eigenvalue weighted by atomic mass is 10.1. The standard InChI is InChI=1S/C16H27N3S/c1-5-7-9-19(10-8-6-2)16-14(15(17)20)12(3)11-13(4)18-16/h11H,5-10H2,1-4H3,(H2,17,20). The molecule has 20 heavy (non-hydrogen) atoms. The third-order valence-corrected chi connectivity index (χ3v) is 3.64. The van der Waals surface area contributed by atoms with E-state index in [1.165, 1.54) is 12.8 Å². The van der Waals surface area contributed by atoms with E-state index in [9.17, 15) is 0 Å². The molecule has 3 nitrogen and oxygen atoms in total. The fraction of sp³-hybridized carbons (Fsp3) is 0.625. The largest absolute Gasteiger partial charge is 0.389 e. The molecule has 0 fully saturated rings. The minimum atomic E-state index is 0.447. The highest BCUT2D eigenvalue weighted by Crippen LogP contribution is 2.23. The first-order valence-corrected chi connectivity index (χ1v) is 7.95. The van der Waals surface area contributed by atoms with E-state index in [0.29, 0.717) is 4.99 Å². The first kappa shape index (κ1) is 16.9. The van der Waals surface area contributed by atoms with Crippen molar-refractivity contribution in [3.8, 4) is 0 Å². The van der Waals surface area contributed by atoms with Crippen molar-refractivity contribution in [2.45, 2.75) is 53.4 Å². The van der Waals surface area contributed by atoms with Crippen LogP contribution < -0.4 is 10.6 Å². The van der Waals surface area contributed by atoms with Gasteiger partial charge in [0.1, 0.15) is 10.8 Å². The van der Waals surface area contributed by atoms with E-state index in [2.05, 4.69) is 31.7 Å². The molecule has 1 rings (SSSR count). The van der Waals surface area contributed by atoms with E-state index < -0.39 is 0 Å². The molecule has 0 unspecified atom stereocenters. The Morgan fingerprint density at radius 3 is 2.20 bits per heavy atom. The summed E-state index contributed by atoms with van der Waals surface area (Å²) in [5.41, 5.74) is 9.01. The summed E-state index contributed by atoms with van der Waals surface area (Å²) in [7, 11) is 0. The van der Waals surface area contributed by atoms with Gasteiger partial charge in [0.15, 0.2) is 0 Å². The maximum absolute atomic E-state index is 5.93. The van der Waals surface area contributed by atoms with Gasteiger partial charge in [-0.3, -0.25) is 0 Å². The predicted octanol–water partition coefficient (Wildman–Crippen LogP) is 3.74. The molecule has 0 atom stereocenters. The molecule has 1 aromatic heterocycles. The summed E-state index contributed by atoms with van der Waals surface area (Å²) >= 11 is 5.24. The number of pyridine rings is 1. The first-order chi connectivity index (χ1) is 9.51. The minimum Gasteiger partial charge on any atom is -0.389 e. The van der Waals surface area contributed by atoms with Crippen molar-refractivity contribution < 1.29 is 0 Å². The number of hydrogen-bond acceptors (Lipinski definition) is 3. The van der Waals surface area contributed by atoms with Gasteiger partial charge in [-0.25, -0.2) is 4.98 Å². The number of anilines is 1. The molecule has 0 spiro atoms. The number of nitrogens with zero attached hydrogens (tertiary/aromatic N) is 2. The molecule has 1 heterocycles. The van der Waals surface area contributed by atoms with Crippen molar-refractivity contribution in [2.24, 2.45) is 5.73 Å². The normalized spacial score (nSPS) is 10.6. The van der Waals surface area contributed by atoms with Gasteiger partial charge in [0.05, 0.1) is 5.56 Å². The number of rotatable bonds is 8. The molecule has 0 bridgehead atoms. The van der Waals surface area contributed by atoms with Crippen LogP contribution in [0, 0.1) is 13.8 Å². The van der Waals surface area contributed by atoms with Crippen LogP contribution in [0.1, 0.15) is 56.4 Å². The highest BCUT2D eigenvalue weighted by molar-refractivity contribution is 7.80. The van der Waals surface area contributed by atoms with Gasteiger partial charge in [0.25, 0.3) is 0 Å². The van der Waals surface area contributed by atoms with Gasteiger partial charge in [-0.2, -0.15) is 0 Å². The van der Waals surface area contributed by atoms with Gasteiger partial charge >= 0.3 is 0 Å². The second-order valence-electron chi connectivity index (χ2n) is 5.34. The fourth-order valence-corrected chi connectivity index (χ4v) is 2.62. The summed E-state index contributed by atoms with van der Waals surface area (Å²) in [6.45, 7) is 10.5. The topological polar surface area (TPSA) is 42.2 Å². The molecule has 112 valence electrons. The number of nitrogens with two attached hydrogens (primary N) is 1. The Kier molecular flexibility index (Phi) is 6.93. The van der Waals surface area contributed by atoms with Crippen molar-refractivity contribution in [3.05, 3.63) is 22.9 Å². The number of thiocarbonyl (C=S) groups is 1. The second kappa shape index (κ2) is 8.20. The maximum atomic E-state index is 5.93. The lowest BCUT2D eigenvalue weighted by molar-refractivity contribution is 0.670. The lowest BCUT2D eigenvalue weighted by Crippen LogP contribution is -2.30. The first-order valence-electron chi connectivity index (χ1n) is 7.54. The molecule has 0 radical (unpaired) electrons. The van der Waals surface area contributed by atoms with Crippen LogP contribution >= 0.6 is 12.2 Å². The van der Waals surface area contributed by atoms with E-state index in [4.69, 9.17) is 22.9 Å². The van der Waals surface area contributed by atoms with Crippen molar-refractivity contribution in [1.29, 1.82) is 0 Å². The van der Waals surface area contributed by atoms with Crippen LogP contribution in [0.4, 0.5) is 5.82 Å². The number of unbranched alkanes of at least 4 members (excludes halogenated alkanes) is 2. The molecule has 2 N–H and O–H groups in total. The van der Waals surface area contributed by atoms with Crippen LogP contribution in [0.5, 0.6) is 0 Å². The van der Waals surface area contributed by atoms with Gasteiger partial charge < -0.3 is 10.6 Å². The summed E-state index contributed by atoms with van der Waals surface area (Å²) in [4.78, 5) is 7.52. The van der Waals surface area contributed by atoms with Gasteiger partial charge in [0.2, 0.25) is 0 Å². The van der Waals surface area contributed by atoms with Crippen LogP contribution in [0.15, 0.2) is 6.07 Å². The van der Waals surface area contributed by atoms with Gasteiger partial charge in [-0.15, -0.1) is 0 Å². The van der Waals surface area contributed by atoms with E-state index in [0.717, 1.165) is 48.6 Å². The second-order valence-corrected chi connectivity index (χ2v) is 5.78. The van der Waals surface area contributed by atoms with E-state index in [1.54, 1.807) is 0 Å². The third kappa shape index (κ3) is 4.44. The molecule has 0 aromatic carbocycles. The van der Waals surface area contributed by atoms with Crippen LogP contribution in [-0.4, -0.2) is 23.1 Å². The Morgan fingerprint density at radius 1 is 1.20 bits per heavy atom. The Hall–Kier alpha value is -1.16. The van der Waals surface area contributed by atoms with E-state index in [1.807, 2.05) is 6.92 Å². The van der Waals surface area contributed by atoms with Gasteiger partial charge in [0, 0.05) is 18.8 Å². The molecule has 0 aliphatic heterocycles. The summed E-state index contributed by atoms with van der Waals surface area (Å²) in [5.74, 6) is 0.969. The molecule has 4 heteroatoms. The molecular formula is C16H27N3S. The zero-order valence-electron chi connectivity index (χ0n) is 13.2. The van der Waals surface area contributed by atoms with Gasteiger partial charge in [-0.05, 0) is 38.3 Å². The highest BCUT2D eigenvalue weighted by Gasteiger charge is 2.17. The summed E-state index contributed by atoms with van der Waals surface area (Å²) in [5, 5.41) is 0. The minimum absolute atomic E-state index is 0.447. The number of hydrogen-bond donors (Lipinski definition) is 1. The molecule has 0 saturated heterocycles. The lowest BCUT2D eigenvalue weighted by Gasteiger charge is -2.27. The average Bonchev–Trinajstić information content (AvgIpc) is 2.37. The monoisotopic (exact) mass is 293 g/mol. The maximum Gasteiger partial charge on any atom is 0.139 e.